The fraction of sp³-hybridized carbons (Fsp3) is 0.125. The Hall–Kier alpha value is -2.82. The number of carbonyl (C=O) groups is 1. The highest BCUT2D eigenvalue weighted by Crippen LogP contribution is 2.24. The molecule has 0 aliphatic carbocycles. The van der Waals surface area contributed by atoms with Crippen LogP contribution in [0, 0.1) is 0 Å². The summed E-state index contributed by atoms with van der Waals surface area (Å²) in [4.78, 5) is 16.3. The number of fused-ring (bicyclic) bond motifs is 1. The normalized spacial score (nSPS) is 10.6. The number of esters is 1. The Morgan fingerprint density at radius 3 is 2.71 bits per heavy atom. The third-order valence-corrected chi connectivity index (χ3v) is 3.25. The van der Waals surface area contributed by atoms with Crippen LogP contribution in [0.5, 0.6) is 5.75 Å². The summed E-state index contributed by atoms with van der Waals surface area (Å²) >= 11 is 0. The fourth-order valence-electron chi connectivity index (χ4n) is 2.20. The third kappa shape index (κ3) is 2.33. The van der Waals surface area contributed by atoms with Crippen molar-refractivity contribution in [1.29, 1.82) is 0 Å². The monoisotopic (exact) mass is 282 g/mol. The smallest absolute Gasteiger partial charge is 0.355 e. The highest BCUT2D eigenvalue weighted by atomic mass is 16.5. The molecule has 0 fully saturated rings. The van der Waals surface area contributed by atoms with Gasteiger partial charge in [0.1, 0.15) is 17.1 Å². The van der Waals surface area contributed by atoms with Crippen LogP contribution in [0.15, 0.2) is 48.7 Å². The number of methoxy groups -OCH3 is 2. The molecule has 0 unspecified atom stereocenters. The SMILES string of the molecule is COC(=O)c1cccc2nc(-c3cccc(OC)c3)cn12. The molecule has 0 amide bonds. The highest BCUT2D eigenvalue weighted by Gasteiger charge is 2.13. The number of aromatic nitrogens is 2. The Balaban J connectivity index is 2.14. The van der Waals surface area contributed by atoms with Gasteiger partial charge in [0.2, 0.25) is 0 Å². The summed E-state index contributed by atoms with van der Waals surface area (Å²) in [5.74, 6) is 0.368. The van der Waals surface area contributed by atoms with Crippen LogP contribution in [0.3, 0.4) is 0 Å². The van der Waals surface area contributed by atoms with Crippen molar-refractivity contribution in [3.05, 3.63) is 54.4 Å². The van der Waals surface area contributed by atoms with Crippen molar-refractivity contribution in [2.75, 3.05) is 14.2 Å². The average molecular weight is 282 g/mol. The predicted octanol–water partition coefficient (Wildman–Crippen LogP) is 2.80. The lowest BCUT2D eigenvalue weighted by Crippen LogP contribution is -2.06. The number of ether oxygens (including phenoxy) is 2. The molecule has 0 saturated heterocycles. The summed E-state index contributed by atoms with van der Waals surface area (Å²) in [7, 11) is 2.99. The van der Waals surface area contributed by atoms with E-state index >= 15 is 0 Å². The van der Waals surface area contributed by atoms with Crippen molar-refractivity contribution in [1.82, 2.24) is 9.38 Å². The van der Waals surface area contributed by atoms with Crippen LogP contribution in [0.25, 0.3) is 16.9 Å². The van der Waals surface area contributed by atoms with E-state index in [9.17, 15) is 4.79 Å². The molecule has 0 spiro atoms. The molecule has 2 aromatic heterocycles. The van der Waals surface area contributed by atoms with Gasteiger partial charge in [-0.2, -0.15) is 0 Å². The van der Waals surface area contributed by atoms with E-state index in [1.807, 2.05) is 36.5 Å². The van der Waals surface area contributed by atoms with Gasteiger partial charge in [0.05, 0.1) is 19.9 Å². The molecule has 106 valence electrons. The summed E-state index contributed by atoms with van der Waals surface area (Å²) in [6, 6.07) is 13.0. The molecule has 5 heteroatoms. The van der Waals surface area contributed by atoms with Crippen molar-refractivity contribution in [2.45, 2.75) is 0 Å². The van der Waals surface area contributed by atoms with Crippen molar-refractivity contribution < 1.29 is 14.3 Å². The van der Waals surface area contributed by atoms with Gasteiger partial charge < -0.3 is 9.47 Å². The molecule has 0 bridgehead atoms. The molecule has 2 heterocycles. The molecular weight excluding hydrogens is 268 g/mol. The second-order valence-electron chi connectivity index (χ2n) is 4.49. The van der Waals surface area contributed by atoms with Gasteiger partial charge in [0, 0.05) is 11.8 Å². The zero-order valence-electron chi connectivity index (χ0n) is 11.7. The number of imidazole rings is 1. The minimum absolute atomic E-state index is 0.393. The highest BCUT2D eigenvalue weighted by molar-refractivity contribution is 5.88. The van der Waals surface area contributed by atoms with Crippen molar-refractivity contribution in [3.8, 4) is 17.0 Å². The Labute approximate surface area is 121 Å². The molecule has 0 aliphatic rings. The van der Waals surface area contributed by atoms with Crippen LogP contribution in [0.1, 0.15) is 10.5 Å². The molecule has 3 rings (SSSR count). The van der Waals surface area contributed by atoms with Gasteiger partial charge in [0.15, 0.2) is 0 Å². The van der Waals surface area contributed by atoms with Crippen molar-refractivity contribution in [3.63, 3.8) is 0 Å². The first kappa shape index (κ1) is 13.2. The Morgan fingerprint density at radius 1 is 1.14 bits per heavy atom. The molecule has 0 aliphatic heterocycles. The second-order valence-corrected chi connectivity index (χ2v) is 4.49. The zero-order valence-corrected chi connectivity index (χ0v) is 11.7. The van der Waals surface area contributed by atoms with Crippen LogP contribution in [0.2, 0.25) is 0 Å². The summed E-state index contributed by atoms with van der Waals surface area (Å²) in [6.07, 6.45) is 1.82. The minimum Gasteiger partial charge on any atom is -0.497 e. The first-order valence-electron chi connectivity index (χ1n) is 6.44. The molecule has 0 N–H and O–H groups in total. The standard InChI is InChI=1S/C16H14N2O3/c1-20-12-6-3-5-11(9-12)13-10-18-14(16(19)21-2)7-4-8-15(18)17-13/h3-10H,1-2H3. The van der Waals surface area contributed by atoms with Gasteiger partial charge in [-0.1, -0.05) is 18.2 Å². The lowest BCUT2D eigenvalue weighted by molar-refractivity contribution is 0.0592. The lowest BCUT2D eigenvalue weighted by Gasteiger charge is -2.02. The Morgan fingerprint density at radius 2 is 1.95 bits per heavy atom. The summed E-state index contributed by atoms with van der Waals surface area (Å²) in [6.45, 7) is 0. The summed E-state index contributed by atoms with van der Waals surface area (Å²) < 4.78 is 11.7. The molecule has 1 aromatic carbocycles. The second kappa shape index (κ2) is 5.28. The Kier molecular flexibility index (Phi) is 3.31. The Bertz CT molecular complexity index is 808. The van der Waals surface area contributed by atoms with Gasteiger partial charge in [0.25, 0.3) is 0 Å². The van der Waals surface area contributed by atoms with Gasteiger partial charge in [-0.05, 0) is 24.3 Å². The number of carbonyl (C=O) groups excluding carboxylic acids is 1. The van der Waals surface area contributed by atoms with Crippen LogP contribution in [-0.2, 0) is 4.74 Å². The van der Waals surface area contributed by atoms with Gasteiger partial charge in [-0.25, -0.2) is 9.78 Å². The fourth-order valence-corrected chi connectivity index (χ4v) is 2.20. The molecule has 0 saturated carbocycles. The van der Waals surface area contributed by atoms with Crippen LogP contribution >= 0.6 is 0 Å². The van der Waals surface area contributed by atoms with Gasteiger partial charge in [-0.15, -0.1) is 0 Å². The van der Waals surface area contributed by atoms with Crippen LogP contribution in [0.4, 0.5) is 0 Å². The van der Waals surface area contributed by atoms with Crippen molar-refractivity contribution >= 4 is 11.6 Å². The van der Waals surface area contributed by atoms with E-state index in [0.717, 1.165) is 17.0 Å². The topological polar surface area (TPSA) is 52.8 Å². The lowest BCUT2D eigenvalue weighted by atomic mass is 10.1. The van der Waals surface area contributed by atoms with E-state index in [1.165, 1.54) is 7.11 Å². The van der Waals surface area contributed by atoms with Gasteiger partial charge >= 0.3 is 5.97 Å². The maximum absolute atomic E-state index is 11.8. The molecule has 5 nitrogen and oxygen atoms in total. The van der Waals surface area contributed by atoms with Crippen LogP contribution < -0.4 is 4.74 Å². The maximum Gasteiger partial charge on any atom is 0.355 e. The molecule has 0 atom stereocenters. The largest absolute Gasteiger partial charge is 0.497 e. The summed E-state index contributed by atoms with van der Waals surface area (Å²) in [5.41, 5.74) is 2.83. The minimum atomic E-state index is -0.393. The van der Waals surface area contributed by atoms with Crippen LogP contribution in [-0.4, -0.2) is 29.6 Å². The van der Waals surface area contributed by atoms with Crippen molar-refractivity contribution in [2.24, 2.45) is 0 Å². The molecule has 21 heavy (non-hydrogen) atoms. The zero-order chi connectivity index (χ0) is 14.8. The number of rotatable bonds is 3. The van der Waals surface area contributed by atoms with E-state index in [0.29, 0.717) is 11.3 Å². The number of nitrogens with zero attached hydrogens (tertiary/aromatic N) is 2. The maximum atomic E-state index is 11.8. The van der Waals surface area contributed by atoms with E-state index < -0.39 is 5.97 Å². The average Bonchev–Trinajstić information content (AvgIpc) is 2.98. The number of hydrogen-bond donors (Lipinski definition) is 0. The molecule has 3 aromatic rings. The number of hydrogen-bond acceptors (Lipinski definition) is 4. The quantitative estimate of drug-likeness (QED) is 0.693. The van der Waals surface area contributed by atoms with E-state index in [-0.39, 0.29) is 0 Å². The summed E-state index contributed by atoms with van der Waals surface area (Å²) in [5, 5.41) is 0. The van der Waals surface area contributed by atoms with Gasteiger partial charge in [-0.3, -0.25) is 4.40 Å². The van der Waals surface area contributed by atoms with E-state index in [2.05, 4.69) is 4.98 Å². The van der Waals surface area contributed by atoms with E-state index in [1.54, 1.807) is 23.6 Å². The number of pyridine rings is 1. The molecule has 0 radical (unpaired) electrons. The first-order valence-corrected chi connectivity index (χ1v) is 6.44. The number of benzene rings is 1. The van der Waals surface area contributed by atoms with E-state index in [4.69, 9.17) is 9.47 Å². The predicted molar refractivity (Wildman–Crippen MR) is 78.5 cm³/mol. The third-order valence-electron chi connectivity index (χ3n) is 3.25. The molecular formula is C16H14N2O3. The first-order chi connectivity index (χ1) is 10.2.